The zero-order valence-corrected chi connectivity index (χ0v) is 15.9. The maximum atomic E-state index is 12.6. The standard InChI is InChI=1S/C19H25N3O3S/c1-24-11-15-9-21(10-16-3-2-8-25-16)13-19(15)4-6-22(7-5-19)18(23)17-12-26-14-20-17/h2-3,8,12,14-15H,4-7,9-11,13H2,1H3/t15-/m0/s1. The lowest BCUT2D eigenvalue weighted by atomic mass is 9.71. The molecule has 2 aliphatic rings. The number of ether oxygens (including phenoxy) is 1. The summed E-state index contributed by atoms with van der Waals surface area (Å²) in [5.74, 6) is 1.57. The van der Waals surface area contributed by atoms with E-state index >= 15 is 0 Å². The average molecular weight is 375 g/mol. The summed E-state index contributed by atoms with van der Waals surface area (Å²) >= 11 is 1.47. The second kappa shape index (κ2) is 7.50. The lowest BCUT2D eigenvalue weighted by molar-refractivity contribution is 0.0319. The number of nitrogens with zero attached hydrogens (tertiary/aromatic N) is 3. The summed E-state index contributed by atoms with van der Waals surface area (Å²) in [7, 11) is 1.78. The minimum absolute atomic E-state index is 0.0647. The van der Waals surface area contributed by atoms with Gasteiger partial charge in [0.1, 0.15) is 11.5 Å². The first-order chi connectivity index (χ1) is 12.7. The second-order valence-corrected chi connectivity index (χ2v) is 8.15. The minimum Gasteiger partial charge on any atom is -0.468 e. The summed E-state index contributed by atoms with van der Waals surface area (Å²) in [6.45, 7) is 5.27. The molecule has 2 aromatic heterocycles. The highest BCUT2D eigenvalue weighted by atomic mass is 32.1. The van der Waals surface area contributed by atoms with E-state index in [1.54, 1.807) is 18.9 Å². The van der Waals surface area contributed by atoms with Crippen LogP contribution in [-0.2, 0) is 11.3 Å². The van der Waals surface area contributed by atoms with Gasteiger partial charge in [-0.3, -0.25) is 9.69 Å². The largest absolute Gasteiger partial charge is 0.468 e. The molecule has 2 aromatic rings. The number of furan rings is 1. The molecule has 0 unspecified atom stereocenters. The smallest absolute Gasteiger partial charge is 0.273 e. The Hall–Kier alpha value is -1.70. The SMILES string of the molecule is COC[C@@H]1CN(Cc2ccco2)CC12CCN(C(=O)c1cscn1)CC2. The Morgan fingerprint density at radius 3 is 2.96 bits per heavy atom. The van der Waals surface area contributed by atoms with Gasteiger partial charge in [-0.1, -0.05) is 0 Å². The molecule has 0 aromatic carbocycles. The lowest BCUT2D eigenvalue weighted by Gasteiger charge is -2.42. The topological polar surface area (TPSA) is 58.8 Å². The number of carbonyl (C=O) groups is 1. The van der Waals surface area contributed by atoms with Gasteiger partial charge in [0, 0.05) is 44.6 Å². The molecule has 140 valence electrons. The predicted molar refractivity (Wildman–Crippen MR) is 99.0 cm³/mol. The van der Waals surface area contributed by atoms with E-state index in [0.717, 1.165) is 57.9 Å². The first kappa shape index (κ1) is 17.7. The van der Waals surface area contributed by atoms with Gasteiger partial charge in [0.05, 0.1) is 24.9 Å². The first-order valence-corrected chi connectivity index (χ1v) is 10.1. The molecule has 4 rings (SSSR count). The summed E-state index contributed by atoms with van der Waals surface area (Å²) in [6, 6.07) is 3.97. The quantitative estimate of drug-likeness (QED) is 0.804. The number of aromatic nitrogens is 1. The molecule has 2 saturated heterocycles. The highest BCUT2D eigenvalue weighted by Gasteiger charge is 2.48. The van der Waals surface area contributed by atoms with E-state index in [9.17, 15) is 4.79 Å². The van der Waals surface area contributed by atoms with Crippen molar-refractivity contribution < 1.29 is 13.9 Å². The summed E-state index contributed by atoms with van der Waals surface area (Å²) in [5, 5.41) is 1.83. The molecule has 1 atom stereocenters. The molecule has 2 aliphatic heterocycles. The highest BCUT2D eigenvalue weighted by Crippen LogP contribution is 2.45. The monoisotopic (exact) mass is 375 g/mol. The molecular formula is C19H25N3O3S. The van der Waals surface area contributed by atoms with Crippen LogP contribution in [0.25, 0.3) is 0 Å². The first-order valence-electron chi connectivity index (χ1n) is 9.11. The average Bonchev–Trinajstić information content (AvgIpc) is 3.39. The fraction of sp³-hybridized carbons (Fsp3) is 0.579. The number of thiazole rings is 1. The van der Waals surface area contributed by atoms with Gasteiger partial charge in [0.25, 0.3) is 5.91 Å². The number of hydrogen-bond donors (Lipinski definition) is 0. The Morgan fingerprint density at radius 1 is 1.46 bits per heavy atom. The number of amides is 1. The van der Waals surface area contributed by atoms with Gasteiger partial charge in [-0.2, -0.15) is 0 Å². The Kier molecular flexibility index (Phi) is 5.11. The van der Waals surface area contributed by atoms with Crippen molar-refractivity contribution in [3.63, 3.8) is 0 Å². The number of hydrogen-bond acceptors (Lipinski definition) is 6. The summed E-state index contributed by atoms with van der Waals surface area (Å²) in [6.07, 6.45) is 3.77. The molecule has 0 radical (unpaired) electrons. The normalized spacial score (nSPS) is 23.0. The molecule has 4 heterocycles. The summed E-state index contributed by atoms with van der Waals surface area (Å²) in [4.78, 5) is 21.2. The Balaban J connectivity index is 1.42. The van der Waals surface area contributed by atoms with Crippen LogP contribution in [0.1, 0.15) is 29.1 Å². The zero-order valence-electron chi connectivity index (χ0n) is 15.1. The van der Waals surface area contributed by atoms with Gasteiger partial charge in [-0.05, 0) is 30.4 Å². The minimum atomic E-state index is 0.0647. The molecule has 7 heteroatoms. The second-order valence-electron chi connectivity index (χ2n) is 7.43. The molecule has 0 N–H and O–H groups in total. The van der Waals surface area contributed by atoms with Crippen molar-refractivity contribution in [2.45, 2.75) is 19.4 Å². The molecule has 0 aliphatic carbocycles. The van der Waals surface area contributed by atoms with Gasteiger partial charge < -0.3 is 14.1 Å². The van der Waals surface area contributed by atoms with E-state index < -0.39 is 0 Å². The number of methoxy groups -OCH3 is 1. The van der Waals surface area contributed by atoms with Crippen LogP contribution >= 0.6 is 11.3 Å². The third-order valence-electron chi connectivity index (χ3n) is 5.91. The number of carbonyl (C=O) groups excluding carboxylic acids is 1. The van der Waals surface area contributed by atoms with Crippen molar-refractivity contribution in [1.29, 1.82) is 0 Å². The molecule has 2 fully saturated rings. The van der Waals surface area contributed by atoms with E-state index in [1.807, 2.05) is 22.4 Å². The van der Waals surface area contributed by atoms with Crippen LogP contribution in [0.3, 0.4) is 0 Å². The van der Waals surface area contributed by atoms with Crippen LogP contribution < -0.4 is 0 Å². The number of rotatable bonds is 5. The molecule has 1 spiro atoms. The molecule has 0 bridgehead atoms. The van der Waals surface area contributed by atoms with Crippen LogP contribution in [0.4, 0.5) is 0 Å². The number of piperidine rings is 1. The van der Waals surface area contributed by atoms with Crippen LogP contribution in [0.5, 0.6) is 0 Å². The fourth-order valence-corrected chi connectivity index (χ4v) is 5.05. The van der Waals surface area contributed by atoms with Gasteiger partial charge in [0.15, 0.2) is 0 Å². The Labute approximate surface area is 157 Å². The summed E-state index contributed by atoms with van der Waals surface area (Å²) < 4.78 is 11.1. The molecule has 26 heavy (non-hydrogen) atoms. The van der Waals surface area contributed by atoms with Gasteiger partial charge in [-0.15, -0.1) is 11.3 Å². The summed E-state index contributed by atoms with van der Waals surface area (Å²) in [5.41, 5.74) is 2.52. The van der Waals surface area contributed by atoms with E-state index in [1.165, 1.54) is 11.3 Å². The third kappa shape index (κ3) is 3.43. The fourth-order valence-electron chi connectivity index (χ4n) is 4.52. The van der Waals surface area contributed by atoms with Crippen LogP contribution in [-0.4, -0.2) is 60.6 Å². The zero-order chi connectivity index (χ0) is 18.0. The maximum absolute atomic E-state index is 12.6. The van der Waals surface area contributed by atoms with Gasteiger partial charge >= 0.3 is 0 Å². The van der Waals surface area contributed by atoms with Crippen molar-refractivity contribution in [3.8, 4) is 0 Å². The van der Waals surface area contributed by atoms with Crippen LogP contribution in [0, 0.1) is 11.3 Å². The van der Waals surface area contributed by atoms with Crippen molar-refractivity contribution in [1.82, 2.24) is 14.8 Å². The molecular weight excluding hydrogens is 350 g/mol. The van der Waals surface area contributed by atoms with Crippen LogP contribution in [0.15, 0.2) is 33.7 Å². The Bertz CT molecular complexity index is 708. The van der Waals surface area contributed by atoms with Crippen LogP contribution in [0.2, 0.25) is 0 Å². The molecule has 6 nitrogen and oxygen atoms in total. The number of likely N-dealkylation sites (tertiary alicyclic amines) is 2. The predicted octanol–water partition coefficient (Wildman–Crippen LogP) is 2.74. The maximum Gasteiger partial charge on any atom is 0.273 e. The van der Waals surface area contributed by atoms with Crippen molar-refractivity contribution in [2.75, 3.05) is 39.9 Å². The van der Waals surface area contributed by atoms with E-state index in [4.69, 9.17) is 9.15 Å². The lowest BCUT2D eigenvalue weighted by Crippen LogP contribution is -2.47. The van der Waals surface area contributed by atoms with Crippen molar-refractivity contribution in [2.24, 2.45) is 11.3 Å². The van der Waals surface area contributed by atoms with Crippen molar-refractivity contribution in [3.05, 3.63) is 40.7 Å². The van der Waals surface area contributed by atoms with Crippen molar-refractivity contribution >= 4 is 17.2 Å². The van der Waals surface area contributed by atoms with Gasteiger partial charge in [0.2, 0.25) is 0 Å². The third-order valence-corrected chi connectivity index (χ3v) is 6.49. The van der Waals surface area contributed by atoms with E-state index in [2.05, 4.69) is 9.88 Å². The van der Waals surface area contributed by atoms with E-state index in [0.29, 0.717) is 11.6 Å². The molecule has 1 amide bonds. The van der Waals surface area contributed by atoms with E-state index in [-0.39, 0.29) is 11.3 Å². The Morgan fingerprint density at radius 2 is 2.31 bits per heavy atom. The highest BCUT2D eigenvalue weighted by molar-refractivity contribution is 7.07. The van der Waals surface area contributed by atoms with Gasteiger partial charge in [-0.25, -0.2) is 4.98 Å². The molecule has 0 saturated carbocycles.